The van der Waals surface area contributed by atoms with Crippen LogP contribution < -0.4 is 15.4 Å². The number of fused-ring (bicyclic) bond motifs is 2. The molecular formula is C37H58N4O3. The fourth-order valence-electron chi connectivity index (χ4n) is 5.65. The number of hydrogen-bond donors (Lipinski definition) is 2. The van der Waals surface area contributed by atoms with Crippen LogP contribution in [0.25, 0.3) is 0 Å². The average Bonchev–Trinajstić information content (AvgIpc) is 3.04. The van der Waals surface area contributed by atoms with Crippen LogP contribution >= 0.6 is 0 Å². The van der Waals surface area contributed by atoms with Crippen molar-refractivity contribution in [3.8, 4) is 11.5 Å². The molecule has 0 aliphatic carbocycles. The van der Waals surface area contributed by atoms with E-state index in [0.29, 0.717) is 30.6 Å². The van der Waals surface area contributed by atoms with Gasteiger partial charge < -0.3 is 25.2 Å². The van der Waals surface area contributed by atoms with E-state index in [9.17, 15) is 9.59 Å². The largest absolute Gasteiger partial charge is 0.457 e. The fourth-order valence-corrected chi connectivity index (χ4v) is 5.65. The molecule has 2 aromatic carbocycles. The van der Waals surface area contributed by atoms with E-state index < -0.39 is 0 Å². The molecule has 7 heteroatoms. The Balaban J connectivity index is 1.49. The second-order valence-corrected chi connectivity index (χ2v) is 12.2. The van der Waals surface area contributed by atoms with Gasteiger partial charge in [0, 0.05) is 41.8 Å². The molecule has 0 atom stereocenters. The Bertz CT molecular complexity index is 1050. The predicted octanol–water partition coefficient (Wildman–Crippen LogP) is 7.43. The molecule has 0 spiro atoms. The summed E-state index contributed by atoms with van der Waals surface area (Å²) in [4.78, 5) is 31.0. The first-order chi connectivity index (χ1) is 21.5. The molecule has 1 aliphatic heterocycles. The summed E-state index contributed by atoms with van der Waals surface area (Å²) in [5.41, 5.74) is 3.22. The van der Waals surface area contributed by atoms with E-state index in [4.69, 9.17) is 4.74 Å². The van der Waals surface area contributed by atoms with Crippen LogP contribution in [-0.4, -0.2) is 74.0 Å². The summed E-state index contributed by atoms with van der Waals surface area (Å²) in [7, 11) is 0. The highest BCUT2D eigenvalue weighted by Crippen LogP contribution is 2.37. The molecule has 0 saturated heterocycles. The first kappa shape index (κ1) is 35.6. The number of hydrogen-bond acceptors (Lipinski definition) is 5. The zero-order chi connectivity index (χ0) is 31.6. The van der Waals surface area contributed by atoms with Crippen LogP contribution in [0.3, 0.4) is 0 Å². The zero-order valence-corrected chi connectivity index (χ0v) is 28.0. The van der Waals surface area contributed by atoms with E-state index in [0.717, 1.165) is 74.7 Å². The van der Waals surface area contributed by atoms with Crippen LogP contribution in [0.1, 0.15) is 124 Å². The van der Waals surface area contributed by atoms with Gasteiger partial charge in [0.25, 0.3) is 11.8 Å². The number of nitrogens with one attached hydrogen (secondary N) is 2. The van der Waals surface area contributed by atoms with Gasteiger partial charge in [0.05, 0.1) is 0 Å². The summed E-state index contributed by atoms with van der Waals surface area (Å²) in [6.07, 6.45) is 12.2. The van der Waals surface area contributed by atoms with Crippen LogP contribution in [0, 0.1) is 0 Å². The maximum atomic E-state index is 13.0. The van der Waals surface area contributed by atoms with Crippen molar-refractivity contribution >= 4 is 11.8 Å². The fraction of sp³-hybridized carbons (Fsp3) is 0.622. The van der Waals surface area contributed by atoms with Crippen molar-refractivity contribution < 1.29 is 14.3 Å². The first-order valence-corrected chi connectivity index (χ1v) is 17.4. The number of amides is 2. The number of benzene rings is 2. The third-order valence-corrected chi connectivity index (χ3v) is 8.43. The van der Waals surface area contributed by atoms with Crippen molar-refractivity contribution in [2.24, 2.45) is 0 Å². The Hall–Kier alpha value is -2.90. The standard InChI is InChI=1S/C37H58N4O3/c1-5-9-21-40(22-10-6-2)25-13-19-38-36(42)30-15-17-34-32(27-30)29-33-28-31(16-18-35(33)44-34)37(43)39-20-14-26-41(23-11-7-3)24-12-8-4/h15-18,27-28H,5-14,19-26,29H2,1-4H3,(H,38,42)(H,39,43). The predicted molar refractivity (Wildman–Crippen MR) is 182 cm³/mol. The smallest absolute Gasteiger partial charge is 0.251 e. The number of nitrogens with zero attached hydrogens (tertiary/aromatic N) is 2. The van der Waals surface area contributed by atoms with Crippen LogP contribution in [-0.2, 0) is 6.42 Å². The topological polar surface area (TPSA) is 73.9 Å². The summed E-state index contributed by atoms with van der Waals surface area (Å²) in [6, 6.07) is 11.3. The molecule has 244 valence electrons. The zero-order valence-electron chi connectivity index (χ0n) is 28.0. The van der Waals surface area contributed by atoms with Crippen molar-refractivity contribution in [3.05, 3.63) is 58.7 Å². The Morgan fingerprint density at radius 3 is 1.32 bits per heavy atom. The molecule has 0 saturated carbocycles. The maximum Gasteiger partial charge on any atom is 0.251 e. The minimum Gasteiger partial charge on any atom is -0.457 e. The SMILES string of the molecule is CCCCN(CCCC)CCCNC(=O)c1ccc2c(c1)Cc1cc(C(=O)NCCCN(CCCC)CCCC)ccc1O2. The van der Waals surface area contributed by atoms with E-state index >= 15 is 0 Å². The third-order valence-electron chi connectivity index (χ3n) is 8.43. The van der Waals surface area contributed by atoms with Gasteiger partial charge in [-0.15, -0.1) is 0 Å². The molecule has 0 bridgehead atoms. The summed E-state index contributed by atoms with van der Waals surface area (Å²) in [6.45, 7) is 16.8. The average molecular weight is 607 g/mol. The number of rotatable bonds is 22. The minimum atomic E-state index is -0.0525. The monoisotopic (exact) mass is 606 g/mol. The van der Waals surface area contributed by atoms with Crippen LogP contribution in [0.4, 0.5) is 0 Å². The lowest BCUT2D eigenvalue weighted by atomic mass is 9.96. The van der Waals surface area contributed by atoms with Crippen LogP contribution in [0.15, 0.2) is 36.4 Å². The second kappa shape index (κ2) is 20.2. The highest BCUT2D eigenvalue weighted by Gasteiger charge is 2.20. The first-order valence-electron chi connectivity index (χ1n) is 17.4. The molecule has 0 aromatic heterocycles. The molecule has 44 heavy (non-hydrogen) atoms. The Morgan fingerprint density at radius 2 is 0.955 bits per heavy atom. The molecular weight excluding hydrogens is 548 g/mol. The maximum absolute atomic E-state index is 13.0. The quantitative estimate of drug-likeness (QED) is 0.116. The van der Waals surface area contributed by atoms with Crippen LogP contribution in [0.2, 0.25) is 0 Å². The lowest BCUT2D eigenvalue weighted by Gasteiger charge is -2.22. The molecule has 1 aliphatic rings. The number of carbonyl (C=O) groups is 2. The molecule has 0 unspecified atom stereocenters. The Labute approximate surface area is 267 Å². The van der Waals surface area contributed by atoms with Crippen LogP contribution in [0.5, 0.6) is 11.5 Å². The van der Waals surface area contributed by atoms with Crippen molar-refractivity contribution in [1.29, 1.82) is 0 Å². The second-order valence-electron chi connectivity index (χ2n) is 12.2. The van der Waals surface area contributed by atoms with Gasteiger partial charge in [-0.3, -0.25) is 9.59 Å². The van der Waals surface area contributed by atoms with Crippen molar-refractivity contribution in [1.82, 2.24) is 20.4 Å². The van der Waals surface area contributed by atoms with E-state index in [2.05, 4.69) is 48.1 Å². The summed E-state index contributed by atoms with van der Waals surface area (Å²) in [5.74, 6) is 1.43. The van der Waals surface area contributed by atoms with Gasteiger partial charge in [-0.2, -0.15) is 0 Å². The number of unbranched alkanes of at least 4 members (excludes halogenated alkanes) is 4. The molecule has 2 aromatic rings. The highest BCUT2D eigenvalue weighted by molar-refractivity contribution is 5.95. The van der Waals surface area contributed by atoms with E-state index in [-0.39, 0.29) is 11.8 Å². The summed E-state index contributed by atoms with van der Waals surface area (Å²) in [5, 5.41) is 6.21. The lowest BCUT2D eigenvalue weighted by molar-refractivity contribution is 0.0943. The highest BCUT2D eigenvalue weighted by atomic mass is 16.5. The summed E-state index contributed by atoms with van der Waals surface area (Å²) >= 11 is 0. The van der Waals surface area contributed by atoms with E-state index in [1.807, 2.05) is 36.4 Å². The molecule has 2 amide bonds. The molecule has 7 nitrogen and oxygen atoms in total. The van der Waals surface area contributed by atoms with E-state index in [1.54, 1.807) is 0 Å². The lowest BCUT2D eigenvalue weighted by Crippen LogP contribution is -2.31. The molecule has 0 radical (unpaired) electrons. The van der Waals surface area contributed by atoms with Gasteiger partial charge in [0.1, 0.15) is 11.5 Å². The Morgan fingerprint density at radius 1 is 0.591 bits per heavy atom. The van der Waals surface area contributed by atoms with E-state index in [1.165, 1.54) is 51.4 Å². The third kappa shape index (κ3) is 11.9. The molecule has 3 rings (SSSR count). The van der Waals surface area contributed by atoms with Gasteiger partial charge in [-0.1, -0.05) is 53.4 Å². The molecule has 1 heterocycles. The van der Waals surface area contributed by atoms with Crippen molar-refractivity contribution in [2.75, 3.05) is 52.4 Å². The summed E-state index contributed by atoms with van der Waals surface area (Å²) < 4.78 is 6.15. The van der Waals surface area contributed by atoms with Gasteiger partial charge in [0.2, 0.25) is 0 Å². The van der Waals surface area contributed by atoms with Crippen molar-refractivity contribution in [2.45, 2.75) is 98.3 Å². The Kier molecular flexibility index (Phi) is 16.3. The normalized spacial score (nSPS) is 12.1. The van der Waals surface area contributed by atoms with Gasteiger partial charge >= 0.3 is 0 Å². The van der Waals surface area contributed by atoms with Gasteiger partial charge in [0.15, 0.2) is 0 Å². The minimum absolute atomic E-state index is 0.0525. The number of carbonyl (C=O) groups excluding carboxylic acids is 2. The number of ether oxygens (including phenoxy) is 1. The molecule has 2 N–H and O–H groups in total. The van der Waals surface area contributed by atoms with Crippen molar-refractivity contribution in [3.63, 3.8) is 0 Å². The van der Waals surface area contributed by atoms with Gasteiger partial charge in [-0.25, -0.2) is 0 Å². The van der Waals surface area contributed by atoms with Gasteiger partial charge in [-0.05, 0) is 114 Å². The molecule has 0 fully saturated rings.